The zero-order chi connectivity index (χ0) is 21.1. The van der Waals surface area contributed by atoms with Gasteiger partial charge in [0.2, 0.25) is 0 Å². The van der Waals surface area contributed by atoms with Gasteiger partial charge < -0.3 is 4.57 Å². The third-order valence-corrected chi connectivity index (χ3v) is 7.20. The quantitative estimate of drug-likeness (QED) is 0.590. The molecule has 1 atom stereocenters. The van der Waals surface area contributed by atoms with Crippen LogP contribution in [0.1, 0.15) is 49.4 Å². The number of hydroxylamine groups is 1. The van der Waals surface area contributed by atoms with Gasteiger partial charge in [0, 0.05) is 11.9 Å². The van der Waals surface area contributed by atoms with Crippen LogP contribution < -0.4 is 5.48 Å². The Bertz CT molecular complexity index is 1200. The second-order valence-electron chi connectivity index (χ2n) is 9.49. The first kappa shape index (κ1) is 18.6. The van der Waals surface area contributed by atoms with E-state index in [4.69, 9.17) is 4.84 Å². The van der Waals surface area contributed by atoms with Crippen LogP contribution in [-0.2, 0) is 10.4 Å². The van der Waals surface area contributed by atoms with E-state index in [9.17, 15) is 0 Å². The van der Waals surface area contributed by atoms with Gasteiger partial charge in [-0.25, -0.2) is 4.98 Å². The predicted octanol–water partition coefficient (Wildman–Crippen LogP) is 5.84. The maximum absolute atomic E-state index is 6.27. The second-order valence-corrected chi connectivity index (χ2v) is 9.49. The molecule has 3 aliphatic rings. The summed E-state index contributed by atoms with van der Waals surface area (Å²) < 4.78 is 2.06. The van der Waals surface area contributed by atoms with E-state index in [0.717, 1.165) is 24.2 Å². The molecule has 0 amide bonds. The molecule has 1 saturated carbocycles. The van der Waals surface area contributed by atoms with Crippen molar-refractivity contribution in [2.45, 2.75) is 45.1 Å². The molecular weight excluding hydrogens is 382 g/mol. The normalized spacial score (nSPS) is 25.0. The number of nitrogens with zero attached hydrogens (tertiary/aromatic N) is 2. The summed E-state index contributed by atoms with van der Waals surface area (Å²) in [5, 5.41) is 0. The highest BCUT2D eigenvalue weighted by Crippen LogP contribution is 2.62. The highest BCUT2D eigenvalue weighted by atomic mass is 16.7. The fraction of sp³-hybridized carbons (Fsp3) is 0.296. The molecule has 2 aromatic carbocycles. The van der Waals surface area contributed by atoms with E-state index in [1.54, 1.807) is 0 Å². The van der Waals surface area contributed by atoms with Crippen LogP contribution in [0.3, 0.4) is 0 Å². The number of hydrogen-bond acceptors (Lipinski definition) is 3. The van der Waals surface area contributed by atoms with Gasteiger partial charge in [0.1, 0.15) is 5.60 Å². The lowest BCUT2D eigenvalue weighted by atomic mass is 9.73. The van der Waals surface area contributed by atoms with Gasteiger partial charge in [-0.15, -0.1) is 0 Å². The van der Waals surface area contributed by atoms with Gasteiger partial charge in [-0.3, -0.25) is 10.3 Å². The molecule has 6 rings (SSSR count). The van der Waals surface area contributed by atoms with Crippen LogP contribution in [0.25, 0.3) is 11.8 Å². The number of nitrogens with one attached hydrogen (secondary N) is 1. The maximum Gasteiger partial charge on any atom is 0.141 e. The molecule has 1 fully saturated rings. The van der Waals surface area contributed by atoms with Gasteiger partial charge in [0.25, 0.3) is 0 Å². The molecule has 4 nitrogen and oxygen atoms in total. The first-order chi connectivity index (χ1) is 15.0. The van der Waals surface area contributed by atoms with E-state index in [0.29, 0.717) is 5.41 Å². The lowest BCUT2D eigenvalue weighted by Gasteiger charge is -2.31. The van der Waals surface area contributed by atoms with E-state index >= 15 is 0 Å². The minimum Gasteiger partial charge on any atom is -0.306 e. The summed E-state index contributed by atoms with van der Waals surface area (Å²) in [4.78, 5) is 10.6. The van der Waals surface area contributed by atoms with Crippen molar-refractivity contribution in [3.8, 4) is 5.69 Å². The molecule has 1 unspecified atom stereocenters. The van der Waals surface area contributed by atoms with E-state index in [1.165, 1.54) is 40.8 Å². The molecule has 0 saturated heterocycles. The number of aromatic nitrogens is 2. The Balaban J connectivity index is 1.37. The molecule has 0 bridgehead atoms. The van der Waals surface area contributed by atoms with Crippen LogP contribution in [0, 0.1) is 12.3 Å². The van der Waals surface area contributed by atoms with Crippen molar-refractivity contribution in [3.63, 3.8) is 0 Å². The van der Waals surface area contributed by atoms with Crippen molar-refractivity contribution in [1.29, 1.82) is 0 Å². The van der Waals surface area contributed by atoms with Crippen molar-refractivity contribution in [3.05, 3.63) is 101 Å². The summed E-state index contributed by atoms with van der Waals surface area (Å²) in [6.45, 7) is 4.22. The third-order valence-electron chi connectivity index (χ3n) is 7.20. The Kier molecular flexibility index (Phi) is 4.03. The van der Waals surface area contributed by atoms with Crippen LogP contribution in [0.4, 0.5) is 0 Å². The van der Waals surface area contributed by atoms with Gasteiger partial charge in [-0.2, -0.15) is 0 Å². The Hall–Kier alpha value is -3.11. The number of rotatable bonds is 3. The van der Waals surface area contributed by atoms with Gasteiger partial charge in [0.05, 0.1) is 17.7 Å². The van der Waals surface area contributed by atoms with Crippen LogP contribution in [0.15, 0.2) is 84.0 Å². The highest BCUT2D eigenvalue weighted by Gasteiger charge is 2.53. The Labute approximate surface area is 183 Å². The van der Waals surface area contributed by atoms with E-state index in [-0.39, 0.29) is 0 Å². The number of aryl methyl sites for hydroxylation is 1. The molecular formula is C27H27N3O. The molecule has 1 aliphatic heterocycles. The Morgan fingerprint density at radius 1 is 1.03 bits per heavy atom. The van der Waals surface area contributed by atoms with Crippen LogP contribution >= 0.6 is 0 Å². The minimum absolute atomic E-state index is 0.408. The molecule has 3 aromatic rings. The first-order valence-corrected chi connectivity index (χ1v) is 11.1. The summed E-state index contributed by atoms with van der Waals surface area (Å²) in [5.41, 5.74) is 11.9. The standard InChI is InChI=1S/C27H27N3O/c1-19-17-30(18-28-19)23-10-8-20(9-11-23)14-21-15-27(12-13-27)16-24-25(21)29-31-26(24,2)22-6-4-3-5-7-22/h3-11,14,17-18,29H,12-13,15-16H2,1-2H3/b21-14+. The predicted molar refractivity (Wildman–Crippen MR) is 122 cm³/mol. The van der Waals surface area contributed by atoms with Crippen molar-refractivity contribution in [2.24, 2.45) is 5.41 Å². The van der Waals surface area contributed by atoms with Crippen LogP contribution in [0.5, 0.6) is 0 Å². The molecule has 2 heterocycles. The number of imidazole rings is 1. The first-order valence-electron chi connectivity index (χ1n) is 11.1. The number of hydrogen-bond donors (Lipinski definition) is 1. The molecule has 4 heteroatoms. The zero-order valence-corrected chi connectivity index (χ0v) is 18.1. The largest absolute Gasteiger partial charge is 0.306 e. The average Bonchev–Trinajstić information content (AvgIpc) is 3.23. The monoisotopic (exact) mass is 409 g/mol. The van der Waals surface area contributed by atoms with Gasteiger partial charge in [-0.05, 0) is 85.4 Å². The third kappa shape index (κ3) is 3.14. The Morgan fingerprint density at radius 2 is 1.81 bits per heavy atom. The van der Waals surface area contributed by atoms with Crippen molar-refractivity contribution >= 4 is 6.08 Å². The van der Waals surface area contributed by atoms with Crippen molar-refractivity contribution in [1.82, 2.24) is 15.0 Å². The Morgan fingerprint density at radius 3 is 2.48 bits per heavy atom. The summed E-state index contributed by atoms with van der Waals surface area (Å²) in [6.07, 6.45) is 11.1. The topological polar surface area (TPSA) is 39.1 Å². The second kappa shape index (κ2) is 6.69. The zero-order valence-electron chi connectivity index (χ0n) is 18.1. The lowest BCUT2D eigenvalue weighted by Crippen LogP contribution is -2.27. The van der Waals surface area contributed by atoms with E-state index in [1.807, 2.05) is 19.4 Å². The van der Waals surface area contributed by atoms with Gasteiger partial charge in [-0.1, -0.05) is 42.5 Å². The summed E-state index contributed by atoms with van der Waals surface area (Å²) in [7, 11) is 0. The molecule has 31 heavy (non-hydrogen) atoms. The van der Waals surface area contributed by atoms with E-state index < -0.39 is 5.60 Å². The number of allylic oxidation sites excluding steroid dienone is 1. The van der Waals surface area contributed by atoms with Crippen molar-refractivity contribution in [2.75, 3.05) is 0 Å². The smallest absolute Gasteiger partial charge is 0.141 e. The lowest BCUT2D eigenvalue weighted by molar-refractivity contribution is -0.0375. The minimum atomic E-state index is -0.408. The molecule has 0 radical (unpaired) electrons. The van der Waals surface area contributed by atoms with Crippen molar-refractivity contribution < 1.29 is 4.84 Å². The number of benzene rings is 2. The summed E-state index contributed by atoms with van der Waals surface area (Å²) in [6, 6.07) is 19.3. The fourth-order valence-corrected chi connectivity index (χ4v) is 5.11. The fourth-order valence-electron chi connectivity index (χ4n) is 5.11. The summed E-state index contributed by atoms with van der Waals surface area (Å²) in [5.74, 6) is 0. The molecule has 1 aromatic heterocycles. The van der Waals surface area contributed by atoms with Gasteiger partial charge >= 0.3 is 0 Å². The van der Waals surface area contributed by atoms with E-state index in [2.05, 4.69) is 82.6 Å². The molecule has 1 N–H and O–H groups in total. The molecule has 2 aliphatic carbocycles. The van der Waals surface area contributed by atoms with Gasteiger partial charge in [0.15, 0.2) is 0 Å². The van der Waals surface area contributed by atoms with Crippen LogP contribution in [0.2, 0.25) is 0 Å². The summed E-state index contributed by atoms with van der Waals surface area (Å²) >= 11 is 0. The molecule has 1 spiro atoms. The van der Waals surface area contributed by atoms with Crippen LogP contribution in [-0.4, -0.2) is 9.55 Å². The SMILES string of the molecule is Cc1cn(-c2ccc(/C=C3\CC4(CC4)CC4=C3NOC4(C)c3ccccc3)cc2)cn1. The maximum atomic E-state index is 6.27. The molecule has 156 valence electrons. The average molecular weight is 410 g/mol. The highest BCUT2D eigenvalue weighted by molar-refractivity contribution is 5.63.